The molecular formula is C11H14N4O. The van der Waals surface area contributed by atoms with E-state index in [1.54, 1.807) is 0 Å². The standard InChI is InChI=1S/C11H14N4O/c1-2-16-12-8-10-11(14-15-13-10)9-6-4-3-5-7-9/h3-7,12H,2,8H2,1H3,(H,13,14,15). The molecule has 0 atom stereocenters. The van der Waals surface area contributed by atoms with Crippen LogP contribution in [-0.2, 0) is 11.4 Å². The molecule has 1 aromatic heterocycles. The summed E-state index contributed by atoms with van der Waals surface area (Å²) in [6.07, 6.45) is 0. The van der Waals surface area contributed by atoms with Gasteiger partial charge >= 0.3 is 0 Å². The van der Waals surface area contributed by atoms with Crippen molar-refractivity contribution in [2.45, 2.75) is 13.5 Å². The molecule has 0 saturated carbocycles. The van der Waals surface area contributed by atoms with Crippen LogP contribution in [0.1, 0.15) is 12.6 Å². The minimum atomic E-state index is 0.536. The van der Waals surface area contributed by atoms with Crippen LogP contribution in [0.25, 0.3) is 11.3 Å². The first kappa shape index (κ1) is 10.8. The Morgan fingerprint density at radius 3 is 2.81 bits per heavy atom. The Morgan fingerprint density at radius 1 is 1.25 bits per heavy atom. The summed E-state index contributed by atoms with van der Waals surface area (Å²) in [5.74, 6) is 0. The van der Waals surface area contributed by atoms with Gasteiger partial charge in [0.15, 0.2) is 0 Å². The van der Waals surface area contributed by atoms with Gasteiger partial charge in [-0.3, -0.25) is 0 Å². The molecule has 0 bridgehead atoms. The molecule has 5 heteroatoms. The number of hydrogen-bond donors (Lipinski definition) is 2. The second-order valence-electron chi connectivity index (χ2n) is 3.24. The zero-order valence-corrected chi connectivity index (χ0v) is 9.10. The van der Waals surface area contributed by atoms with E-state index in [0.717, 1.165) is 17.0 Å². The van der Waals surface area contributed by atoms with Crippen molar-refractivity contribution in [3.63, 3.8) is 0 Å². The Morgan fingerprint density at radius 2 is 2.06 bits per heavy atom. The maximum absolute atomic E-state index is 5.07. The smallest absolute Gasteiger partial charge is 0.117 e. The van der Waals surface area contributed by atoms with Gasteiger partial charge in [0.2, 0.25) is 0 Å². The lowest BCUT2D eigenvalue weighted by molar-refractivity contribution is 0.0457. The Balaban J connectivity index is 2.13. The number of nitrogens with one attached hydrogen (secondary N) is 2. The molecule has 84 valence electrons. The van der Waals surface area contributed by atoms with Crippen molar-refractivity contribution in [3.8, 4) is 11.3 Å². The molecule has 0 aliphatic carbocycles. The number of H-pyrrole nitrogens is 1. The van der Waals surface area contributed by atoms with Gasteiger partial charge in [-0.15, -0.1) is 0 Å². The number of benzene rings is 1. The first-order valence-corrected chi connectivity index (χ1v) is 5.21. The fourth-order valence-electron chi connectivity index (χ4n) is 1.42. The lowest BCUT2D eigenvalue weighted by Crippen LogP contribution is -2.14. The average Bonchev–Trinajstić information content (AvgIpc) is 2.79. The highest BCUT2D eigenvalue weighted by Gasteiger charge is 2.08. The van der Waals surface area contributed by atoms with Crippen LogP contribution in [0.3, 0.4) is 0 Å². The van der Waals surface area contributed by atoms with Crippen molar-refractivity contribution in [1.82, 2.24) is 20.9 Å². The predicted molar refractivity (Wildman–Crippen MR) is 60.3 cm³/mol. The highest BCUT2D eigenvalue weighted by Crippen LogP contribution is 2.18. The van der Waals surface area contributed by atoms with E-state index in [0.29, 0.717) is 13.2 Å². The number of hydroxylamine groups is 1. The topological polar surface area (TPSA) is 62.8 Å². The number of aromatic amines is 1. The molecule has 1 aromatic carbocycles. The third-order valence-electron chi connectivity index (χ3n) is 2.15. The van der Waals surface area contributed by atoms with Crippen LogP contribution in [0.15, 0.2) is 30.3 Å². The summed E-state index contributed by atoms with van der Waals surface area (Å²) in [6, 6.07) is 9.93. The predicted octanol–water partition coefficient (Wildman–Crippen LogP) is 1.51. The molecule has 0 saturated heterocycles. The van der Waals surface area contributed by atoms with Crippen molar-refractivity contribution in [2.24, 2.45) is 0 Å². The van der Waals surface area contributed by atoms with Crippen molar-refractivity contribution >= 4 is 0 Å². The minimum Gasteiger partial charge on any atom is -0.302 e. The van der Waals surface area contributed by atoms with Gasteiger partial charge in [-0.2, -0.15) is 20.9 Å². The molecule has 0 aliphatic heterocycles. The number of nitrogens with zero attached hydrogens (tertiary/aromatic N) is 2. The Bertz CT molecular complexity index is 427. The van der Waals surface area contributed by atoms with Gasteiger partial charge in [0.25, 0.3) is 0 Å². The molecule has 0 spiro atoms. The van der Waals surface area contributed by atoms with E-state index < -0.39 is 0 Å². The molecule has 0 aliphatic rings. The minimum absolute atomic E-state index is 0.536. The summed E-state index contributed by atoms with van der Waals surface area (Å²) in [4.78, 5) is 5.07. The zero-order chi connectivity index (χ0) is 11.2. The van der Waals surface area contributed by atoms with Gasteiger partial charge in [-0.1, -0.05) is 30.3 Å². The van der Waals surface area contributed by atoms with Gasteiger partial charge in [0.1, 0.15) is 11.4 Å². The summed E-state index contributed by atoms with van der Waals surface area (Å²) < 4.78 is 0. The first-order valence-electron chi connectivity index (χ1n) is 5.21. The van der Waals surface area contributed by atoms with Gasteiger partial charge in [-0.25, -0.2) is 0 Å². The van der Waals surface area contributed by atoms with Crippen molar-refractivity contribution in [2.75, 3.05) is 6.61 Å². The van der Waals surface area contributed by atoms with Gasteiger partial charge in [0.05, 0.1) is 13.2 Å². The molecule has 2 N–H and O–H groups in total. The quantitative estimate of drug-likeness (QED) is 0.590. The van der Waals surface area contributed by atoms with E-state index in [1.165, 1.54) is 0 Å². The van der Waals surface area contributed by atoms with E-state index in [4.69, 9.17) is 4.84 Å². The van der Waals surface area contributed by atoms with Crippen LogP contribution >= 0.6 is 0 Å². The monoisotopic (exact) mass is 218 g/mol. The molecule has 2 aromatic rings. The fourth-order valence-corrected chi connectivity index (χ4v) is 1.42. The highest BCUT2D eigenvalue weighted by molar-refractivity contribution is 5.60. The number of aromatic nitrogens is 3. The lowest BCUT2D eigenvalue weighted by atomic mass is 10.1. The Hall–Kier alpha value is -1.72. The van der Waals surface area contributed by atoms with E-state index in [2.05, 4.69) is 20.9 Å². The second-order valence-corrected chi connectivity index (χ2v) is 3.24. The third kappa shape index (κ3) is 2.44. The maximum Gasteiger partial charge on any atom is 0.117 e. The van der Waals surface area contributed by atoms with Crippen LogP contribution in [0.5, 0.6) is 0 Å². The van der Waals surface area contributed by atoms with E-state index in [9.17, 15) is 0 Å². The molecule has 0 fully saturated rings. The van der Waals surface area contributed by atoms with Gasteiger partial charge in [0, 0.05) is 5.56 Å². The van der Waals surface area contributed by atoms with Crippen LogP contribution < -0.4 is 5.48 Å². The average molecular weight is 218 g/mol. The summed E-state index contributed by atoms with van der Waals surface area (Å²) in [5, 5.41) is 10.8. The van der Waals surface area contributed by atoms with Gasteiger partial charge < -0.3 is 4.84 Å². The largest absolute Gasteiger partial charge is 0.302 e. The van der Waals surface area contributed by atoms with Crippen molar-refractivity contribution in [1.29, 1.82) is 0 Å². The maximum atomic E-state index is 5.07. The molecule has 5 nitrogen and oxygen atoms in total. The van der Waals surface area contributed by atoms with E-state index in [1.807, 2.05) is 37.3 Å². The molecule has 1 heterocycles. The molecule has 16 heavy (non-hydrogen) atoms. The SMILES string of the molecule is CCONCc1n[nH]nc1-c1ccccc1. The van der Waals surface area contributed by atoms with Crippen molar-refractivity contribution in [3.05, 3.63) is 36.0 Å². The zero-order valence-electron chi connectivity index (χ0n) is 9.10. The molecular weight excluding hydrogens is 204 g/mol. The Labute approximate surface area is 93.8 Å². The Kier molecular flexibility index (Phi) is 3.63. The first-order chi connectivity index (χ1) is 7.92. The summed E-state index contributed by atoms with van der Waals surface area (Å²) in [6.45, 7) is 3.08. The van der Waals surface area contributed by atoms with E-state index in [-0.39, 0.29) is 0 Å². The third-order valence-corrected chi connectivity index (χ3v) is 2.15. The second kappa shape index (κ2) is 5.39. The number of rotatable bonds is 5. The lowest BCUT2D eigenvalue weighted by Gasteiger charge is -2.02. The molecule has 0 radical (unpaired) electrons. The van der Waals surface area contributed by atoms with Gasteiger partial charge in [-0.05, 0) is 6.92 Å². The fraction of sp³-hybridized carbons (Fsp3) is 0.273. The van der Waals surface area contributed by atoms with Crippen LogP contribution in [0.4, 0.5) is 0 Å². The summed E-state index contributed by atoms with van der Waals surface area (Å²) in [5.41, 5.74) is 5.57. The van der Waals surface area contributed by atoms with Crippen LogP contribution in [0, 0.1) is 0 Å². The van der Waals surface area contributed by atoms with Crippen molar-refractivity contribution < 1.29 is 4.84 Å². The number of hydrogen-bond acceptors (Lipinski definition) is 4. The molecule has 2 rings (SSSR count). The van der Waals surface area contributed by atoms with E-state index >= 15 is 0 Å². The summed E-state index contributed by atoms with van der Waals surface area (Å²) in [7, 11) is 0. The normalized spacial score (nSPS) is 10.6. The summed E-state index contributed by atoms with van der Waals surface area (Å²) >= 11 is 0. The van der Waals surface area contributed by atoms with Crippen LogP contribution in [-0.4, -0.2) is 22.0 Å². The molecule has 0 amide bonds. The molecule has 0 unspecified atom stereocenters. The van der Waals surface area contributed by atoms with Crippen LogP contribution in [0.2, 0.25) is 0 Å². The highest BCUT2D eigenvalue weighted by atomic mass is 16.6.